The number of rotatable bonds is 2. The third kappa shape index (κ3) is 0.759. The van der Waals surface area contributed by atoms with E-state index in [-0.39, 0.29) is 0 Å². The van der Waals surface area contributed by atoms with Gasteiger partial charge in [0.1, 0.15) is 0 Å². The number of hydrogen-bond acceptors (Lipinski definition) is 3. The van der Waals surface area contributed by atoms with Crippen molar-refractivity contribution in [2.24, 2.45) is 0 Å². The van der Waals surface area contributed by atoms with Crippen molar-refractivity contribution in [2.75, 3.05) is 39.5 Å². The first-order valence-electron chi connectivity index (χ1n) is 5.71. The van der Waals surface area contributed by atoms with Gasteiger partial charge in [0.25, 0.3) is 0 Å². The van der Waals surface area contributed by atoms with Gasteiger partial charge in [-0.25, -0.2) is 0 Å². The maximum atomic E-state index is 6.09. The van der Waals surface area contributed by atoms with E-state index in [1.54, 1.807) is 0 Å². The molecule has 3 aliphatic heterocycles. The Kier molecular flexibility index (Phi) is 1.72. The molecule has 4 nitrogen and oxygen atoms in total. The first kappa shape index (κ1) is 9.29. The number of hydrogen-bond donors (Lipinski definition) is 0. The van der Waals surface area contributed by atoms with Crippen LogP contribution in [0, 0.1) is 0 Å². The molecule has 0 saturated carbocycles. The third-order valence-electron chi connectivity index (χ3n) is 4.30. The topological polar surface area (TPSA) is 27.7 Å². The van der Waals surface area contributed by atoms with Gasteiger partial charge >= 0.3 is 84.5 Å². The van der Waals surface area contributed by atoms with Crippen LogP contribution in [-0.4, -0.2) is 51.8 Å². The Morgan fingerprint density at radius 1 is 1.00 bits per heavy atom. The summed E-state index contributed by atoms with van der Waals surface area (Å²) in [6.45, 7) is 8.07. The van der Waals surface area contributed by atoms with Gasteiger partial charge in [0.15, 0.2) is 0 Å². The van der Waals surface area contributed by atoms with Crippen LogP contribution < -0.4 is 0 Å². The Morgan fingerprint density at radius 2 is 1.50 bits per heavy atom. The summed E-state index contributed by atoms with van der Waals surface area (Å²) in [5.74, 6) is 0. The van der Waals surface area contributed by atoms with Crippen molar-refractivity contribution in [3.63, 3.8) is 0 Å². The molecule has 0 spiro atoms. The normalized spacial score (nSPS) is 45.4. The van der Waals surface area contributed by atoms with Crippen molar-refractivity contribution in [1.29, 1.82) is 0 Å². The Balaban J connectivity index is 2.08. The molecule has 0 atom stereocenters. The Hall–Kier alpha value is 0.0569. The van der Waals surface area contributed by atoms with E-state index in [1.165, 1.54) is 0 Å². The van der Waals surface area contributed by atoms with Gasteiger partial charge < -0.3 is 0 Å². The fourth-order valence-electron chi connectivity index (χ4n) is 3.66. The maximum absolute atomic E-state index is 6.09. The van der Waals surface area contributed by atoms with Gasteiger partial charge in [-0.3, -0.25) is 0 Å². The van der Waals surface area contributed by atoms with Gasteiger partial charge in [-0.1, -0.05) is 0 Å². The van der Waals surface area contributed by atoms with E-state index in [4.69, 9.17) is 13.3 Å². The zero-order valence-electron chi connectivity index (χ0n) is 8.83. The molecule has 0 aliphatic carbocycles. The zero-order chi connectivity index (χ0) is 9.73. The van der Waals surface area contributed by atoms with Crippen LogP contribution in [0.1, 0.15) is 13.3 Å². The quantitative estimate of drug-likeness (QED) is 0.637. The average molecular weight is 217 g/mol. The van der Waals surface area contributed by atoms with E-state index in [1.807, 2.05) is 0 Å². The molecule has 0 aromatic heterocycles. The Bertz CT molecular complexity index is 239. The molecular formula is C9H19NO3Si. The molecule has 14 heavy (non-hydrogen) atoms. The van der Waals surface area contributed by atoms with E-state index in [2.05, 4.69) is 6.92 Å². The first-order valence-corrected chi connectivity index (χ1v) is 8.09. The Morgan fingerprint density at radius 3 is 1.93 bits per heavy atom. The number of quaternary nitrogens is 1. The predicted molar refractivity (Wildman–Crippen MR) is 53.6 cm³/mol. The predicted octanol–water partition coefficient (Wildman–Crippen LogP) is 0.693. The molecule has 5 heteroatoms. The van der Waals surface area contributed by atoms with Crippen molar-refractivity contribution >= 4 is 8.24 Å². The third-order valence-corrected chi connectivity index (χ3v) is 10.5. The van der Waals surface area contributed by atoms with Gasteiger partial charge in [0, 0.05) is 0 Å². The molecule has 3 rings (SSSR count). The fourth-order valence-corrected chi connectivity index (χ4v) is 9.52. The monoisotopic (exact) mass is 217 g/mol. The molecule has 0 unspecified atom stereocenters. The molecular weight excluding hydrogens is 198 g/mol. The summed E-state index contributed by atoms with van der Waals surface area (Å²) >= 11 is 0. The van der Waals surface area contributed by atoms with Crippen LogP contribution in [0.5, 0.6) is 0 Å². The van der Waals surface area contributed by atoms with Crippen molar-refractivity contribution < 1.29 is 17.4 Å². The molecule has 0 amide bonds. The second-order valence-electron chi connectivity index (χ2n) is 4.73. The summed E-state index contributed by atoms with van der Waals surface area (Å²) in [5, 5.41) is 0. The summed E-state index contributed by atoms with van der Waals surface area (Å²) in [5.41, 5.74) is 0. The summed E-state index contributed by atoms with van der Waals surface area (Å²) in [7, 11) is -2.95. The Labute approximate surface area is 85.2 Å². The molecule has 3 saturated heterocycles. The molecule has 0 bridgehead atoms. The minimum atomic E-state index is -2.95. The second-order valence-corrected chi connectivity index (χ2v) is 9.27. The summed E-state index contributed by atoms with van der Waals surface area (Å²) in [6, 6.07) is 1.01. The standard InChI is InChI=1S/C9H19NO3Si/c1-2-9-14-10(3-6-11-14,4-7-12-14)5-8-13-14/h2-9H2,1H3. The summed E-state index contributed by atoms with van der Waals surface area (Å²) < 4.78 is 19.3. The SMILES string of the molecule is CCC[Si-]123OCC[N+]1(CCO2)CCO3. The van der Waals surface area contributed by atoms with Crippen LogP contribution >= 0.6 is 0 Å². The molecule has 0 aromatic carbocycles. The van der Waals surface area contributed by atoms with Gasteiger partial charge in [0.05, 0.1) is 0 Å². The second kappa shape index (κ2) is 2.59. The van der Waals surface area contributed by atoms with Crippen molar-refractivity contribution in [3.8, 4) is 0 Å². The molecule has 3 aliphatic rings. The van der Waals surface area contributed by atoms with Gasteiger partial charge in [-0.2, -0.15) is 0 Å². The van der Waals surface area contributed by atoms with E-state index in [0.29, 0.717) is 0 Å². The van der Waals surface area contributed by atoms with Gasteiger partial charge in [-0.05, 0) is 0 Å². The molecule has 3 heterocycles. The summed E-state index contributed by atoms with van der Waals surface area (Å²) in [4.78, 5) is 0. The van der Waals surface area contributed by atoms with E-state index >= 15 is 0 Å². The summed E-state index contributed by atoms with van der Waals surface area (Å²) in [6.07, 6.45) is 1.10. The number of nitrogens with zero attached hydrogens (tertiary/aromatic N) is 1. The van der Waals surface area contributed by atoms with Crippen molar-refractivity contribution in [1.82, 2.24) is 0 Å². The van der Waals surface area contributed by atoms with Crippen LogP contribution in [-0.2, 0) is 13.3 Å². The molecule has 0 N–H and O–H groups in total. The van der Waals surface area contributed by atoms with Crippen LogP contribution in [0.15, 0.2) is 0 Å². The van der Waals surface area contributed by atoms with E-state index in [9.17, 15) is 0 Å². The van der Waals surface area contributed by atoms with Crippen molar-refractivity contribution in [2.45, 2.75) is 19.4 Å². The van der Waals surface area contributed by atoms with Crippen LogP contribution in [0.25, 0.3) is 0 Å². The van der Waals surface area contributed by atoms with Crippen LogP contribution in [0.2, 0.25) is 6.04 Å². The molecule has 82 valence electrons. The zero-order valence-corrected chi connectivity index (χ0v) is 9.83. The molecule has 3 fully saturated rings. The molecule has 0 radical (unpaired) electrons. The molecule has 0 aromatic rings. The van der Waals surface area contributed by atoms with Gasteiger partial charge in [0.2, 0.25) is 0 Å². The fraction of sp³-hybridized carbons (Fsp3) is 1.00. The van der Waals surface area contributed by atoms with Crippen LogP contribution in [0.3, 0.4) is 0 Å². The van der Waals surface area contributed by atoms with Crippen molar-refractivity contribution in [3.05, 3.63) is 0 Å². The van der Waals surface area contributed by atoms with E-state index < -0.39 is 8.24 Å². The minimum absolute atomic E-state index is 0.841. The van der Waals surface area contributed by atoms with E-state index in [0.717, 1.165) is 56.1 Å². The van der Waals surface area contributed by atoms with Crippen LogP contribution in [0.4, 0.5) is 0 Å². The van der Waals surface area contributed by atoms with Gasteiger partial charge in [-0.15, -0.1) is 0 Å². The first-order chi connectivity index (χ1) is 6.76. The average Bonchev–Trinajstić information content (AvgIpc) is 2.62.